The number of carbonyl (C=O) groups is 1. The molecule has 1 aliphatic rings. The fourth-order valence-corrected chi connectivity index (χ4v) is 2.97. The number of amides is 1. The summed E-state index contributed by atoms with van der Waals surface area (Å²) in [5, 5.41) is 13.8. The zero-order valence-corrected chi connectivity index (χ0v) is 12.0. The van der Waals surface area contributed by atoms with E-state index in [1.165, 1.54) is 18.6 Å². The number of nitrogens with zero attached hydrogens (tertiary/aromatic N) is 1. The monoisotopic (exact) mass is 296 g/mol. The van der Waals surface area contributed by atoms with Crippen LogP contribution in [0, 0.1) is 22.0 Å². The Kier molecular flexibility index (Phi) is 4.60. The van der Waals surface area contributed by atoms with Crippen molar-refractivity contribution in [3.63, 3.8) is 0 Å². The summed E-state index contributed by atoms with van der Waals surface area (Å²) in [6, 6.07) is 4.38. The molecule has 1 amide bonds. The van der Waals surface area contributed by atoms with Crippen LogP contribution in [0.15, 0.2) is 18.2 Å². The molecule has 1 fully saturated rings. The van der Waals surface area contributed by atoms with E-state index >= 15 is 0 Å². The number of halogens is 1. The first-order valence-electron chi connectivity index (χ1n) is 6.70. The van der Waals surface area contributed by atoms with Gasteiger partial charge in [-0.2, -0.15) is 0 Å². The van der Waals surface area contributed by atoms with Gasteiger partial charge in [0.1, 0.15) is 10.6 Å². The maximum absolute atomic E-state index is 12.1. The lowest BCUT2D eigenvalue weighted by atomic mass is 10.1. The van der Waals surface area contributed by atoms with Gasteiger partial charge in [0.2, 0.25) is 0 Å². The maximum atomic E-state index is 12.1. The highest BCUT2D eigenvalue weighted by atomic mass is 35.5. The molecular formula is C14H17ClN2O3. The molecule has 108 valence electrons. The van der Waals surface area contributed by atoms with Gasteiger partial charge in [0.15, 0.2) is 0 Å². The molecule has 0 bridgehead atoms. The van der Waals surface area contributed by atoms with Crippen LogP contribution in [0.1, 0.15) is 36.5 Å². The van der Waals surface area contributed by atoms with Gasteiger partial charge in [-0.3, -0.25) is 14.9 Å². The predicted octanol–water partition coefficient (Wildman–Crippen LogP) is 3.41. The van der Waals surface area contributed by atoms with Gasteiger partial charge < -0.3 is 5.32 Å². The third-order valence-corrected chi connectivity index (χ3v) is 4.07. The Morgan fingerprint density at radius 1 is 1.50 bits per heavy atom. The fourth-order valence-electron chi connectivity index (χ4n) is 2.73. The third-order valence-electron chi connectivity index (χ3n) is 3.77. The van der Waals surface area contributed by atoms with Crippen molar-refractivity contribution in [2.45, 2.75) is 26.2 Å². The number of benzene rings is 1. The summed E-state index contributed by atoms with van der Waals surface area (Å²) in [5.41, 5.74) is -0.306. The van der Waals surface area contributed by atoms with Crippen molar-refractivity contribution < 1.29 is 9.72 Å². The molecule has 0 aliphatic heterocycles. The Bertz CT molecular complexity index is 533. The molecule has 6 heteroatoms. The lowest BCUT2D eigenvalue weighted by Gasteiger charge is -2.11. The molecule has 0 heterocycles. The molecule has 2 atom stereocenters. The van der Waals surface area contributed by atoms with Crippen molar-refractivity contribution in [3.8, 4) is 0 Å². The lowest BCUT2D eigenvalue weighted by molar-refractivity contribution is -0.385. The smallest absolute Gasteiger partial charge is 0.300 e. The molecule has 0 aromatic heterocycles. The minimum atomic E-state index is -0.616. The van der Waals surface area contributed by atoms with E-state index in [0.717, 1.165) is 12.8 Å². The van der Waals surface area contributed by atoms with E-state index in [1.54, 1.807) is 6.07 Å². The number of hydrogen-bond acceptors (Lipinski definition) is 3. The summed E-state index contributed by atoms with van der Waals surface area (Å²) in [4.78, 5) is 22.5. The topological polar surface area (TPSA) is 72.2 Å². The van der Waals surface area contributed by atoms with E-state index in [9.17, 15) is 14.9 Å². The number of nitrogens with one attached hydrogen (secondary N) is 1. The molecule has 20 heavy (non-hydrogen) atoms. The summed E-state index contributed by atoms with van der Waals surface area (Å²) in [7, 11) is 0. The van der Waals surface area contributed by atoms with Gasteiger partial charge in [-0.1, -0.05) is 31.0 Å². The Labute approximate surface area is 122 Å². The van der Waals surface area contributed by atoms with Crippen LogP contribution in [0.4, 0.5) is 5.69 Å². The van der Waals surface area contributed by atoms with Crippen LogP contribution in [0.25, 0.3) is 0 Å². The molecule has 1 N–H and O–H groups in total. The van der Waals surface area contributed by atoms with Crippen molar-refractivity contribution in [1.82, 2.24) is 5.32 Å². The van der Waals surface area contributed by atoms with Crippen molar-refractivity contribution in [1.29, 1.82) is 0 Å². The number of para-hydroxylation sites is 1. The summed E-state index contributed by atoms with van der Waals surface area (Å²) in [6.07, 6.45) is 3.37. The molecule has 2 rings (SSSR count). The zero-order valence-electron chi connectivity index (χ0n) is 11.3. The molecule has 0 spiro atoms. The first-order chi connectivity index (χ1) is 9.49. The molecule has 5 nitrogen and oxygen atoms in total. The van der Waals surface area contributed by atoms with Gasteiger partial charge >= 0.3 is 5.69 Å². The van der Waals surface area contributed by atoms with E-state index in [4.69, 9.17) is 11.6 Å². The lowest BCUT2D eigenvalue weighted by Crippen LogP contribution is -2.29. The maximum Gasteiger partial charge on any atom is 0.300 e. The summed E-state index contributed by atoms with van der Waals surface area (Å²) in [5.74, 6) is 0.725. The van der Waals surface area contributed by atoms with Gasteiger partial charge in [0, 0.05) is 6.54 Å². The number of carbonyl (C=O) groups excluding carboxylic acids is 1. The van der Waals surface area contributed by atoms with Gasteiger partial charge in [-0.05, 0) is 36.8 Å². The fraction of sp³-hybridized carbons (Fsp3) is 0.500. The normalized spacial score (nSPS) is 21.7. The van der Waals surface area contributed by atoms with Crippen LogP contribution in [0.2, 0.25) is 5.02 Å². The molecular weight excluding hydrogens is 280 g/mol. The molecule has 1 aliphatic carbocycles. The molecule has 0 saturated heterocycles. The van der Waals surface area contributed by atoms with Gasteiger partial charge in [0.05, 0.1) is 4.92 Å². The van der Waals surface area contributed by atoms with E-state index in [1.807, 2.05) is 0 Å². The van der Waals surface area contributed by atoms with Gasteiger partial charge in [-0.25, -0.2) is 0 Å². The Balaban J connectivity index is 2.06. The van der Waals surface area contributed by atoms with E-state index in [0.29, 0.717) is 18.4 Å². The second-order valence-corrected chi connectivity index (χ2v) is 5.79. The van der Waals surface area contributed by atoms with Crippen molar-refractivity contribution in [2.75, 3.05) is 6.54 Å². The minimum Gasteiger partial charge on any atom is -0.352 e. The highest BCUT2D eigenvalue weighted by Gasteiger charge is 2.25. The average Bonchev–Trinajstić information content (AvgIpc) is 2.81. The van der Waals surface area contributed by atoms with Crippen molar-refractivity contribution in [2.24, 2.45) is 11.8 Å². The van der Waals surface area contributed by atoms with E-state index in [2.05, 4.69) is 12.2 Å². The van der Waals surface area contributed by atoms with E-state index in [-0.39, 0.29) is 16.3 Å². The second kappa shape index (κ2) is 6.22. The zero-order chi connectivity index (χ0) is 14.7. The number of rotatable bonds is 4. The molecule has 1 saturated carbocycles. The standard InChI is InChI=1S/C14H17ClN2O3/c1-9-5-6-10(7-9)8-16-14(18)11-3-2-4-12(15)13(11)17(19)20/h2-4,9-10H,5-8H2,1H3,(H,16,18). The van der Waals surface area contributed by atoms with Crippen LogP contribution >= 0.6 is 11.6 Å². The van der Waals surface area contributed by atoms with E-state index < -0.39 is 10.8 Å². The Morgan fingerprint density at radius 3 is 2.85 bits per heavy atom. The summed E-state index contributed by atoms with van der Waals surface area (Å²) in [6.45, 7) is 2.76. The quantitative estimate of drug-likeness (QED) is 0.683. The minimum absolute atomic E-state index is 0.0165. The largest absolute Gasteiger partial charge is 0.352 e. The average molecular weight is 297 g/mol. The van der Waals surface area contributed by atoms with Crippen LogP contribution in [-0.2, 0) is 0 Å². The third kappa shape index (κ3) is 3.28. The van der Waals surface area contributed by atoms with Crippen molar-refractivity contribution in [3.05, 3.63) is 38.9 Å². The Hall–Kier alpha value is -1.62. The second-order valence-electron chi connectivity index (χ2n) is 5.39. The van der Waals surface area contributed by atoms with Crippen LogP contribution in [0.3, 0.4) is 0 Å². The first kappa shape index (κ1) is 14.8. The van der Waals surface area contributed by atoms with Crippen LogP contribution in [-0.4, -0.2) is 17.4 Å². The highest BCUT2D eigenvalue weighted by Crippen LogP contribution is 2.30. The SMILES string of the molecule is CC1CCC(CNC(=O)c2cccc(Cl)c2[N+](=O)[O-])C1. The van der Waals surface area contributed by atoms with Crippen molar-refractivity contribution >= 4 is 23.2 Å². The van der Waals surface area contributed by atoms with Crippen LogP contribution in [0.5, 0.6) is 0 Å². The summed E-state index contributed by atoms with van der Waals surface area (Å²) < 4.78 is 0. The molecule has 1 aromatic rings. The van der Waals surface area contributed by atoms with Crippen LogP contribution < -0.4 is 5.32 Å². The van der Waals surface area contributed by atoms with Gasteiger partial charge in [-0.15, -0.1) is 0 Å². The molecule has 0 radical (unpaired) electrons. The number of hydrogen-bond donors (Lipinski definition) is 1. The first-order valence-corrected chi connectivity index (χ1v) is 7.08. The highest BCUT2D eigenvalue weighted by molar-refractivity contribution is 6.33. The predicted molar refractivity (Wildman–Crippen MR) is 76.9 cm³/mol. The summed E-state index contributed by atoms with van der Waals surface area (Å²) >= 11 is 5.79. The number of nitro groups is 1. The molecule has 1 aromatic carbocycles. The number of nitro benzene ring substituents is 1. The molecule has 2 unspecified atom stereocenters. The van der Waals surface area contributed by atoms with Gasteiger partial charge in [0.25, 0.3) is 5.91 Å². The Morgan fingerprint density at radius 2 is 2.25 bits per heavy atom.